The number of aryl methyl sites for hydroxylation is 2. The lowest BCUT2D eigenvalue weighted by atomic mass is 10.1. The number of thiazole rings is 1. The van der Waals surface area contributed by atoms with Crippen molar-refractivity contribution in [3.8, 4) is 5.75 Å². The summed E-state index contributed by atoms with van der Waals surface area (Å²) in [6, 6.07) is 11.6. The third kappa shape index (κ3) is 2.82. The SMILES string of the molecule is CCc1ccc2oc(C(=O)Nc3nc4ccc(OC)cc4s3)c(C)c2c1. The van der Waals surface area contributed by atoms with Crippen LogP contribution in [0.15, 0.2) is 40.8 Å². The van der Waals surface area contributed by atoms with Crippen molar-refractivity contribution in [2.24, 2.45) is 0 Å². The number of hydrogen-bond acceptors (Lipinski definition) is 5. The minimum Gasteiger partial charge on any atom is -0.497 e. The van der Waals surface area contributed by atoms with E-state index in [0.717, 1.165) is 38.9 Å². The largest absolute Gasteiger partial charge is 0.497 e. The summed E-state index contributed by atoms with van der Waals surface area (Å²) in [5, 5.41) is 4.36. The fraction of sp³-hybridized carbons (Fsp3) is 0.200. The highest BCUT2D eigenvalue weighted by Gasteiger charge is 2.19. The molecule has 1 amide bonds. The van der Waals surface area contributed by atoms with Crippen molar-refractivity contribution in [1.82, 2.24) is 4.98 Å². The van der Waals surface area contributed by atoms with Gasteiger partial charge in [-0.05, 0) is 49.2 Å². The van der Waals surface area contributed by atoms with E-state index >= 15 is 0 Å². The maximum absolute atomic E-state index is 12.7. The van der Waals surface area contributed by atoms with Gasteiger partial charge in [0.15, 0.2) is 10.9 Å². The van der Waals surface area contributed by atoms with Crippen molar-refractivity contribution >= 4 is 43.6 Å². The maximum atomic E-state index is 12.7. The predicted molar refractivity (Wildman–Crippen MR) is 104 cm³/mol. The summed E-state index contributed by atoms with van der Waals surface area (Å²) in [6.45, 7) is 4.01. The average Bonchev–Trinajstić information content (AvgIpc) is 3.21. The zero-order chi connectivity index (χ0) is 18.3. The number of methoxy groups -OCH3 is 1. The summed E-state index contributed by atoms with van der Waals surface area (Å²) in [5.74, 6) is 0.798. The summed E-state index contributed by atoms with van der Waals surface area (Å²) in [4.78, 5) is 17.1. The molecular formula is C20H18N2O3S. The number of carbonyl (C=O) groups is 1. The molecule has 0 fully saturated rings. The molecule has 1 N–H and O–H groups in total. The van der Waals surface area contributed by atoms with Gasteiger partial charge < -0.3 is 9.15 Å². The van der Waals surface area contributed by atoms with Crippen molar-refractivity contribution in [2.45, 2.75) is 20.3 Å². The van der Waals surface area contributed by atoms with Crippen LogP contribution in [0.2, 0.25) is 0 Å². The molecule has 0 aliphatic rings. The highest BCUT2D eigenvalue weighted by molar-refractivity contribution is 7.22. The first kappa shape index (κ1) is 16.6. The van der Waals surface area contributed by atoms with Crippen LogP contribution >= 0.6 is 11.3 Å². The van der Waals surface area contributed by atoms with Crippen LogP contribution in [0.3, 0.4) is 0 Å². The van der Waals surface area contributed by atoms with E-state index in [-0.39, 0.29) is 5.91 Å². The van der Waals surface area contributed by atoms with Crippen molar-refractivity contribution in [3.63, 3.8) is 0 Å². The highest BCUT2D eigenvalue weighted by Crippen LogP contribution is 2.31. The van der Waals surface area contributed by atoms with Gasteiger partial charge in [0.1, 0.15) is 11.3 Å². The molecule has 0 saturated carbocycles. The fourth-order valence-electron chi connectivity index (χ4n) is 2.94. The number of fused-ring (bicyclic) bond motifs is 2. The molecule has 0 atom stereocenters. The second kappa shape index (κ2) is 6.46. The van der Waals surface area contributed by atoms with Gasteiger partial charge in [-0.3, -0.25) is 10.1 Å². The number of rotatable bonds is 4. The molecule has 0 aliphatic heterocycles. The number of hydrogen-bond donors (Lipinski definition) is 1. The van der Waals surface area contributed by atoms with Gasteiger partial charge in [0.25, 0.3) is 5.91 Å². The maximum Gasteiger partial charge on any atom is 0.293 e. The second-order valence-corrected chi connectivity index (χ2v) is 7.08. The summed E-state index contributed by atoms with van der Waals surface area (Å²) in [6.07, 6.45) is 0.942. The Morgan fingerprint density at radius 2 is 2.12 bits per heavy atom. The Balaban J connectivity index is 1.65. The number of benzene rings is 2. The predicted octanol–water partition coefficient (Wildman–Crippen LogP) is 5.17. The summed E-state index contributed by atoms with van der Waals surface area (Å²) < 4.78 is 12.0. The van der Waals surface area contributed by atoms with Gasteiger partial charge in [-0.25, -0.2) is 4.98 Å². The number of ether oxygens (including phenoxy) is 1. The molecule has 0 bridgehead atoms. The molecule has 2 aromatic heterocycles. The topological polar surface area (TPSA) is 64.4 Å². The molecule has 2 aromatic carbocycles. The first-order valence-corrected chi connectivity index (χ1v) is 9.18. The monoisotopic (exact) mass is 366 g/mol. The van der Waals surface area contributed by atoms with Crippen LogP contribution in [0.5, 0.6) is 5.75 Å². The Morgan fingerprint density at radius 1 is 1.27 bits per heavy atom. The van der Waals surface area contributed by atoms with Crippen molar-refractivity contribution in [3.05, 3.63) is 53.3 Å². The molecule has 0 spiro atoms. The summed E-state index contributed by atoms with van der Waals surface area (Å²) >= 11 is 1.40. The molecule has 0 aliphatic carbocycles. The first-order valence-electron chi connectivity index (χ1n) is 8.37. The molecule has 0 unspecified atom stereocenters. The normalized spacial score (nSPS) is 11.2. The van der Waals surface area contributed by atoms with E-state index in [9.17, 15) is 4.79 Å². The minimum atomic E-state index is -0.289. The van der Waals surface area contributed by atoms with Gasteiger partial charge in [0.05, 0.1) is 17.3 Å². The Bertz CT molecular complexity index is 1130. The van der Waals surface area contributed by atoms with E-state index < -0.39 is 0 Å². The molecule has 4 aromatic rings. The Labute approximate surface area is 154 Å². The van der Waals surface area contributed by atoms with Crippen LogP contribution < -0.4 is 10.1 Å². The van der Waals surface area contributed by atoms with Crippen LogP contribution in [0.4, 0.5) is 5.13 Å². The van der Waals surface area contributed by atoms with E-state index in [4.69, 9.17) is 9.15 Å². The molecule has 26 heavy (non-hydrogen) atoms. The van der Waals surface area contributed by atoms with Gasteiger partial charge in [-0.1, -0.05) is 24.3 Å². The zero-order valence-corrected chi connectivity index (χ0v) is 15.6. The zero-order valence-electron chi connectivity index (χ0n) is 14.8. The molecule has 132 valence electrons. The molecule has 2 heterocycles. The van der Waals surface area contributed by atoms with Gasteiger partial charge >= 0.3 is 0 Å². The highest BCUT2D eigenvalue weighted by atomic mass is 32.1. The molecule has 6 heteroatoms. The lowest BCUT2D eigenvalue weighted by Crippen LogP contribution is -2.11. The van der Waals surface area contributed by atoms with Crippen LogP contribution in [-0.4, -0.2) is 18.0 Å². The van der Waals surface area contributed by atoms with E-state index in [0.29, 0.717) is 10.9 Å². The standard InChI is InChI=1S/C20H18N2O3S/c1-4-12-5-8-16-14(9-12)11(2)18(25-16)19(23)22-20-21-15-7-6-13(24-3)10-17(15)26-20/h5-10H,4H2,1-3H3,(H,21,22,23). The number of nitrogens with zero attached hydrogens (tertiary/aromatic N) is 1. The summed E-state index contributed by atoms with van der Waals surface area (Å²) in [7, 11) is 1.62. The molecular weight excluding hydrogens is 348 g/mol. The summed E-state index contributed by atoms with van der Waals surface area (Å²) in [5.41, 5.74) is 3.60. The number of aromatic nitrogens is 1. The van der Waals surface area contributed by atoms with E-state index in [1.54, 1.807) is 7.11 Å². The third-order valence-corrected chi connectivity index (χ3v) is 5.36. The number of carbonyl (C=O) groups excluding carboxylic acids is 1. The third-order valence-electron chi connectivity index (χ3n) is 4.43. The van der Waals surface area contributed by atoms with Gasteiger partial charge in [0.2, 0.25) is 0 Å². The van der Waals surface area contributed by atoms with Crippen LogP contribution in [0.1, 0.15) is 28.6 Å². The van der Waals surface area contributed by atoms with Gasteiger partial charge in [-0.2, -0.15) is 0 Å². The molecule has 4 rings (SSSR count). The van der Waals surface area contributed by atoms with Crippen molar-refractivity contribution < 1.29 is 13.9 Å². The average molecular weight is 366 g/mol. The van der Waals surface area contributed by atoms with Crippen LogP contribution in [0, 0.1) is 6.92 Å². The number of anilines is 1. The molecule has 5 nitrogen and oxygen atoms in total. The smallest absolute Gasteiger partial charge is 0.293 e. The molecule has 0 saturated heterocycles. The molecule has 0 radical (unpaired) electrons. The Hall–Kier alpha value is -2.86. The number of furan rings is 1. The Kier molecular flexibility index (Phi) is 4.12. The minimum absolute atomic E-state index is 0.289. The number of amides is 1. The lowest BCUT2D eigenvalue weighted by molar-refractivity contribution is 0.0998. The fourth-order valence-corrected chi connectivity index (χ4v) is 3.83. The second-order valence-electron chi connectivity index (χ2n) is 6.05. The van der Waals surface area contributed by atoms with E-state index in [2.05, 4.69) is 23.3 Å². The number of nitrogens with one attached hydrogen (secondary N) is 1. The van der Waals surface area contributed by atoms with Crippen molar-refractivity contribution in [2.75, 3.05) is 12.4 Å². The van der Waals surface area contributed by atoms with Crippen LogP contribution in [-0.2, 0) is 6.42 Å². The van der Waals surface area contributed by atoms with Crippen molar-refractivity contribution in [1.29, 1.82) is 0 Å². The quantitative estimate of drug-likeness (QED) is 0.541. The van der Waals surface area contributed by atoms with E-state index in [1.807, 2.05) is 37.3 Å². The Morgan fingerprint density at radius 3 is 2.88 bits per heavy atom. The van der Waals surface area contributed by atoms with Gasteiger partial charge in [-0.15, -0.1) is 0 Å². The van der Waals surface area contributed by atoms with E-state index in [1.165, 1.54) is 16.9 Å². The lowest BCUT2D eigenvalue weighted by Gasteiger charge is -1.99. The van der Waals surface area contributed by atoms with Crippen LogP contribution in [0.25, 0.3) is 21.2 Å². The first-order chi connectivity index (χ1) is 12.6. The van der Waals surface area contributed by atoms with Gasteiger partial charge in [0, 0.05) is 10.9 Å².